The molecule has 0 aliphatic rings. The SMILES string of the molecule is O.O.O.O.O.O.O=P(O)(O)O.O=P(O)(O)O.[NaH].[NaH]. The molecule has 0 aromatic heterocycles. The van der Waals surface area contributed by atoms with Crippen LogP contribution in [0.3, 0.4) is 0 Å². The minimum absolute atomic E-state index is 0. The number of phosphoric acid groups is 2. The summed E-state index contributed by atoms with van der Waals surface area (Å²) in [5.41, 5.74) is 0. The molecule has 116 valence electrons. The third-order valence-corrected chi connectivity index (χ3v) is 0. The summed E-state index contributed by atoms with van der Waals surface area (Å²) in [5.74, 6) is 0. The maximum absolute atomic E-state index is 8.88. The molecule has 0 unspecified atom stereocenters. The van der Waals surface area contributed by atoms with Crippen LogP contribution in [0.4, 0.5) is 0 Å². The van der Waals surface area contributed by atoms with Gasteiger partial charge in [0.05, 0.1) is 0 Å². The van der Waals surface area contributed by atoms with E-state index in [1.807, 2.05) is 0 Å². The summed E-state index contributed by atoms with van der Waals surface area (Å²) in [6.07, 6.45) is 0. The van der Waals surface area contributed by atoms with Crippen molar-refractivity contribution in [2.75, 3.05) is 0 Å². The predicted octanol–water partition coefficient (Wildman–Crippen LogP) is -8.10. The van der Waals surface area contributed by atoms with E-state index >= 15 is 0 Å². The Morgan fingerprint density at radius 3 is 0.444 bits per heavy atom. The van der Waals surface area contributed by atoms with Crippen LogP contribution in [0.2, 0.25) is 0 Å². The van der Waals surface area contributed by atoms with Gasteiger partial charge >= 0.3 is 74.8 Å². The van der Waals surface area contributed by atoms with Crippen LogP contribution >= 0.6 is 15.6 Å². The second-order valence-corrected chi connectivity index (χ2v) is 3.08. The Labute approximate surface area is 145 Å². The normalized spacial score (nSPS) is 6.56. The van der Waals surface area contributed by atoms with Crippen molar-refractivity contribution in [3.63, 3.8) is 0 Å². The van der Waals surface area contributed by atoms with Crippen LogP contribution in [-0.2, 0) is 9.13 Å². The molecule has 0 rings (SSSR count). The first-order valence-corrected chi connectivity index (χ1v) is 4.70. The van der Waals surface area contributed by atoms with E-state index in [4.69, 9.17) is 38.5 Å². The molecule has 0 spiro atoms. The van der Waals surface area contributed by atoms with Crippen LogP contribution in [0.25, 0.3) is 0 Å². The summed E-state index contributed by atoms with van der Waals surface area (Å²) in [6, 6.07) is 0. The Kier molecular flexibility index (Phi) is 126. The number of hydrogen-bond donors (Lipinski definition) is 6. The average Bonchev–Trinajstić information content (AvgIpc) is 1.12. The Balaban J connectivity index is -0.00000000615. The molecule has 0 saturated heterocycles. The Bertz CT molecular complexity index is 130. The summed E-state index contributed by atoms with van der Waals surface area (Å²) >= 11 is 0. The third-order valence-electron chi connectivity index (χ3n) is 0. The van der Waals surface area contributed by atoms with E-state index in [1.165, 1.54) is 0 Å². The first kappa shape index (κ1) is 72.3. The standard InChI is InChI=1S/2Na.2H3O4P.6H2O.2H/c;;2*1-5(2,3)4;;;;;;;;/h;;2*(H3,1,2,3,4);6*1H2;;. The van der Waals surface area contributed by atoms with Gasteiger partial charge in [0.1, 0.15) is 0 Å². The van der Waals surface area contributed by atoms with Crippen molar-refractivity contribution >= 4 is 74.8 Å². The zero-order chi connectivity index (χ0) is 9.00. The van der Waals surface area contributed by atoms with Crippen LogP contribution in [0.15, 0.2) is 0 Å². The average molecular weight is 352 g/mol. The van der Waals surface area contributed by atoms with E-state index in [9.17, 15) is 0 Å². The molecule has 0 amide bonds. The van der Waals surface area contributed by atoms with Gasteiger partial charge in [-0.05, 0) is 0 Å². The maximum atomic E-state index is 8.88. The van der Waals surface area contributed by atoms with Gasteiger partial charge in [-0.1, -0.05) is 0 Å². The summed E-state index contributed by atoms with van der Waals surface area (Å²) in [5, 5.41) is 0. The van der Waals surface area contributed by atoms with Crippen LogP contribution in [0.5, 0.6) is 0 Å². The number of rotatable bonds is 0. The molecule has 0 atom stereocenters. The van der Waals surface area contributed by atoms with E-state index in [-0.39, 0.29) is 92.0 Å². The van der Waals surface area contributed by atoms with Crippen LogP contribution in [0.1, 0.15) is 0 Å². The van der Waals surface area contributed by atoms with Crippen molar-refractivity contribution in [1.82, 2.24) is 0 Å². The van der Waals surface area contributed by atoms with Crippen LogP contribution in [0, 0.1) is 0 Å². The van der Waals surface area contributed by atoms with Crippen LogP contribution in [-0.4, -0.2) is 121 Å². The van der Waals surface area contributed by atoms with E-state index in [0.29, 0.717) is 0 Å². The first-order valence-electron chi connectivity index (χ1n) is 1.57. The van der Waals surface area contributed by atoms with Crippen molar-refractivity contribution in [2.45, 2.75) is 0 Å². The molecule has 14 nitrogen and oxygen atoms in total. The van der Waals surface area contributed by atoms with Gasteiger partial charge in [-0.25, -0.2) is 9.13 Å². The molecular formula is H20Na2O14P2. The second kappa shape index (κ2) is 31.4. The summed E-state index contributed by atoms with van der Waals surface area (Å²) in [4.78, 5) is 43.1. The van der Waals surface area contributed by atoms with Crippen molar-refractivity contribution in [1.29, 1.82) is 0 Å². The molecule has 0 radical (unpaired) electrons. The summed E-state index contributed by atoms with van der Waals surface area (Å²) in [6.45, 7) is 0. The minimum atomic E-state index is -4.64. The summed E-state index contributed by atoms with van der Waals surface area (Å²) < 4.78 is 17.8. The molecule has 18 heavy (non-hydrogen) atoms. The zero-order valence-corrected chi connectivity index (χ0v) is 9.18. The predicted molar refractivity (Wildman–Crippen MR) is 64.5 cm³/mol. The van der Waals surface area contributed by atoms with Gasteiger partial charge in [0.2, 0.25) is 0 Å². The van der Waals surface area contributed by atoms with Crippen LogP contribution < -0.4 is 0 Å². The molecule has 0 aromatic rings. The monoisotopic (exact) mass is 352 g/mol. The third kappa shape index (κ3) is 1320. The molecular weight excluding hydrogens is 332 g/mol. The fourth-order valence-electron chi connectivity index (χ4n) is 0. The molecule has 18 heteroatoms. The van der Waals surface area contributed by atoms with E-state index < -0.39 is 15.6 Å². The fourth-order valence-corrected chi connectivity index (χ4v) is 0. The molecule has 0 aliphatic carbocycles. The molecule has 0 aromatic carbocycles. The van der Waals surface area contributed by atoms with Crippen molar-refractivity contribution < 1.29 is 71.3 Å². The molecule has 0 aliphatic heterocycles. The van der Waals surface area contributed by atoms with E-state index in [1.54, 1.807) is 0 Å². The fraction of sp³-hybridized carbons (Fsp3) is 0. The van der Waals surface area contributed by atoms with E-state index in [0.717, 1.165) is 0 Å². The topological polar surface area (TPSA) is 345 Å². The molecule has 18 N–H and O–H groups in total. The Hall–Kier alpha value is 1.98. The van der Waals surface area contributed by atoms with Crippen molar-refractivity contribution in [3.8, 4) is 0 Å². The van der Waals surface area contributed by atoms with Gasteiger partial charge in [0, 0.05) is 0 Å². The van der Waals surface area contributed by atoms with Gasteiger partial charge in [0.15, 0.2) is 0 Å². The van der Waals surface area contributed by atoms with Gasteiger partial charge in [-0.3, -0.25) is 0 Å². The molecule has 0 bridgehead atoms. The Morgan fingerprint density at radius 1 is 0.444 bits per heavy atom. The zero-order valence-electron chi connectivity index (χ0n) is 7.39. The van der Waals surface area contributed by atoms with Crippen molar-refractivity contribution in [2.24, 2.45) is 0 Å². The van der Waals surface area contributed by atoms with Gasteiger partial charge in [-0.2, -0.15) is 0 Å². The van der Waals surface area contributed by atoms with Crippen molar-refractivity contribution in [3.05, 3.63) is 0 Å². The summed E-state index contributed by atoms with van der Waals surface area (Å²) in [7, 11) is -9.28. The van der Waals surface area contributed by atoms with Gasteiger partial charge < -0.3 is 62.2 Å². The van der Waals surface area contributed by atoms with E-state index in [2.05, 4.69) is 0 Å². The second-order valence-electron chi connectivity index (χ2n) is 1.03. The molecule has 0 saturated carbocycles. The van der Waals surface area contributed by atoms with Gasteiger partial charge in [0.25, 0.3) is 0 Å². The molecule has 0 heterocycles. The Morgan fingerprint density at radius 2 is 0.444 bits per heavy atom. The molecule has 0 fully saturated rings. The van der Waals surface area contributed by atoms with Gasteiger partial charge in [-0.15, -0.1) is 0 Å². The first-order chi connectivity index (χ1) is 4.00. The quantitative estimate of drug-likeness (QED) is 0.179. The number of hydrogen-bond acceptors (Lipinski definition) is 2.